The highest BCUT2D eigenvalue weighted by Crippen LogP contribution is 2.14. The lowest BCUT2D eigenvalue weighted by atomic mass is 10.3. The molecule has 0 radical (unpaired) electrons. The molecule has 0 atom stereocenters. The van der Waals surface area contributed by atoms with Crippen molar-refractivity contribution in [3.8, 4) is 0 Å². The van der Waals surface area contributed by atoms with Gasteiger partial charge in [0.2, 0.25) is 6.41 Å². The van der Waals surface area contributed by atoms with E-state index >= 15 is 0 Å². The number of carbonyl (C=O) groups is 2. The van der Waals surface area contributed by atoms with Gasteiger partial charge in [-0.1, -0.05) is 5.16 Å². The third-order valence-electron chi connectivity index (χ3n) is 1.42. The average Bonchev–Trinajstić information content (AvgIpc) is 2.68. The molecule has 1 N–H and O–H groups in total. The highest BCUT2D eigenvalue weighted by molar-refractivity contribution is 7.14. The first-order valence-corrected chi connectivity index (χ1v) is 5.40. The zero-order valence-electron chi connectivity index (χ0n) is 8.84. The molecular formula is C9H11N3O3S. The van der Waals surface area contributed by atoms with Crippen LogP contribution in [-0.2, 0) is 14.4 Å². The van der Waals surface area contributed by atoms with Crippen molar-refractivity contribution in [1.29, 1.82) is 0 Å². The summed E-state index contributed by atoms with van der Waals surface area (Å²) in [5, 5.41) is 8.07. The Morgan fingerprint density at radius 3 is 2.94 bits per heavy atom. The average molecular weight is 241 g/mol. The second kappa shape index (κ2) is 5.96. The van der Waals surface area contributed by atoms with Crippen LogP contribution in [0, 0.1) is 0 Å². The zero-order chi connectivity index (χ0) is 12.0. The topological polar surface area (TPSA) is 80.6 Å². The number of anilines is 1. The van der Waals surface area contributed by atoms with E-state index in [1.54, 1.807) is 19.2 Å². The maximum Gasteiger partial charge on any atom is 0.213 e. The van der Waals surface area contributed by atoms with Gasteiger partial charge in [0.25, 0.3) is 0 Å². The van der Waals surface area contributed by atoms with Crippen molar-refractivity contribution in [3.05, 3.63) is 11.1 Å². The maximum absolute atomic E-state index is 10.7. The van der Waals surface area contributed by atoms with Crippen LogP contribution in [0.5, 0.6) is 0 Å². The Balaban J connectivity index is 2.82. The minimum absolute atomic E-state index is 0.101. The van der Waals surface area contributed by atoms with Crippen LogP contribution in [0.1, 0.15) is 19.5 Å². The molecule has 0 aliphatic rings. The molecule has 0 fully saturated rings. The fraction of sp³-hybridized carbons (Fsp3) is 0.333. The molecule has 0 saturated carbocycles. The van der Waals surface area contributed by atoms with Gasteiger partial charge in [0, 0.05) is 5.38 Å². The quantitative estimate of drug-likeness (QED) is 0.458. The number of amides is 1. The first kappa shape index (κ1) is 12.3. The summed E-state index contributed by atoms with van der Waals surface area (Å²) in [4.78, 5) is 29.9. The van der Waals surface area contributed by atoms with Crippen LogP contribution < -0.4 is 5.32 Å². The predicted octanol–water partition coefficient (Wildman–Crippen LogP) is 1.04. The van der Waals surface area contributed by atoms with Gasteiger partial charge in [0.05, 0.1) is 0 Å². The lowest BCUT2D eigenvalue weighted by molar-refractivity contribution is -0.105. The molecular weight excluding hydrogens is 230 g/mol. The summed E-state index contributed by atoms with van der Waals surface area (Å²) in [7, 11) is 0. The molecule has 1 amide bonds. The van der Waals surface area contributed by atoms with E-state index in [0.29, 0.717) is 23.5 Å². The summed E-state index contributed by atoms with van der Waals surface area (Å²) >= 11 is 1.20. The molecule has 0 spiro atoms. The molecule has 0 aliphatic carbocycles. The largest absolute Gasteiger partial charge is 0.392 e. The van der Waals surface area contributed by atoms with E-state index in [4.69, 9.17) is 4.84 Å². The number of aldehydes is 1. The number of nitrogens with zero attached hydrogens (tertiary/aromatic N) is 2. The van der Waals surface area contributed by atoms with Gasteiger partial charge in [-0.3, -0.25) is 9.59 Å². The Morgan fingerprint density at radius 1 is 1.62 bits per heavy atom. The van der Waals surface area contributed by atoms with Crippen molar-refractivity contribution >= 4 is 34.9 Å². The Morgan fingerprint density at radius 2 is 2.38 bits per heavy atom. The molecule has 1 heterocycles. The summed E-state index contributed by atoms with van der Waals surface area (Å²) < 4.78 is 0. The smallest absolute Gasteiger partial charge is 0.213 e. The summed E-state index contributed by atoms with van der Waals surface area (Å²) in [6.07, 6.45) is 0.966. The molecule has 0 bridgehead atoms. The Kier molecular flexibility index (Phi) is 4.59. The molecule has 16 heavy (non-hydrogen) atoms. The lowest BCUT2D eigenvalue weighted by Crippen LogP contribution is -2.07. The van der Waals surface area contributed by atoms with Crippen LogP contribution in [0.25, 0.3) is 0 Å². The molecule has 1 aromatic rings. The lowest BCUT2D eigenvalue weighted by Gasteiger charge is -2.01. The third-order valence-corrected chi connectivity index (χ3v) is 2.20. The molecule has 7 heteroatoms. The van der Waals surface area contributed by atoms with Crippen molar-refractivity contribution in [3.63, 3.8) is 0 Å². The summed E-state index contributed by atoms with van der Waals surface area (Å²) in [5.41, 5.74) is 0.480. The highest BCUT2D eigenvalue weighted by Gasteiger charge is 2.09. The number of hydrogen-bond acceptors (Lipinski definition) is 6. The Labute approximate surface area is 96.3 Å². The van der Waals surface area contributed by atoms with Crippen LogP contribution in [0.15, 0.2) is 10.5 Å². The Bertz CT molecular complexity index is 400. The molecule has 0 unspecified atom stereocenters. The van der Waals surface area contributed by atoms with Gasteiger partial charge >= 0.3 is 0 Å². The van der Waals surface area contributed by atoms with Gasteiger partial charge < -0.3 is 10.2 Å². The van der Waals surface area contributed by atoms with Crippen molar-refractivity contribution in [2.45, 2.75) is 20.0 Å². The van der Waals surface area contributed by atoms with Crippen LogP contribution in [-0.4, -0.2) is 29.5 Å². The van der Waals surface area contributed by atoms with Crippen LogP contribution >= 0.6 is 11.3 Å². The number of nitrogens with one attached hydrogen (secondary N) is 1. The molecule has 0 aromatic carbocycles. The standard InChI is InChI=1S/C9H11N3O3S/c1-6(2)15-12-7(3-13)8-4-16-9(11-8)10-5-14/h3-6H,1-2H3,(H,10,11,14)/b12-7+. The highest BCUT2D eigenvalue weighted by atomic mass is 32.1. The normalized spacial score (nSPS) is 11.3. The fourth-order valence-electron chi connectivity index (χ4n) is 0.799. The first-order chi connectivity index (χ1) is 7.67. The van der Waals surface area contributed by atoms with Crippen molar-refractivity contribution in [2.75, 3.05) is 5.32 Å². The molecule has 86 valence electrons. The SMILES string of the molecule is CC(C)O/N=C(\C=O)c1csc(NC=O)n1. The van der Waals surface area contributed by atoms with E-state index in [0.717, 1.165) is 0 Å². The number of thiazole rings is 1. The second-order valence-corrected chi connectivity index (χ2v) is 3.91. The van der Waals surface area contributed by atoms with Gasteiger partial charge in [-0.25, -0.2) is 4.98 Å². The van der Waals surface area contributed by atoms with Crippen molar-refractivity contribution in [1.82, 2.24) is 4.98 Å². The van der Waals surface area contributed by atoms with E-state index in [2.05, 4.69) is 15.5 Å². The fourth-order valence-corrected chi connectivity index (χ4v) is 1.46. The monoisotopic (exact) mass is 241 g/mol. The number of oxime groups is 1. The molecule has 0 saturated heterocycles. The van der Waals surface area contributed by atoms with Crippen molar-refractivity contribution in [2.24, 2.45) is 5.16 Å². The van der Waals surface area contributed by atoms with Gasteiger partial charge in [-0.15, -0.1) is 11.3 Å². The Hall–Kier alpha value is -1.76. The van der Waals surface area contributed by atoms with E-state index in [1.165, 1.54) is 11.3 Å². The first-order valence-electron chi connectivity index (χ1n) is 4.52. The van der Waals surface area contributed by atoms with Crippen LogP contribution in [0.4, 0.5) is 5.13 Å². The molecule has 0 aliphatic heterocycles. The van der Waals surface area contributed by atoms with Crippen LogP contribution in [0.2, 0.25) is 0 Å². The number of rotatable bonds is 6. The third kappa shape index (κ3) is 3.43. The number of aromatic nitrogens is 1. The van der Waals surface area contributed by atoms with Gasteiger partial charge in [-0.05, 0) is 13.8 Å². The molecule has 1 rings (SSSR count). The number of carbonyl (C=O) groups excluding carboxylic acids is 2. The van der Waals surface area contributed by atoms with Gasteiger partial charge in [-0.2, -0.15) is 0 Å². The summed E-state index contributed by atoms with van der Waals surface area (Å²) in [5.74, 6) is 0. The minimum Gasteiger partial charge on any atom is -0.392 e. The van der Waals surface area contributed by atoms with Gasteiger partial charge in [0.1, 0.15) is 11.8 Å². The van der Waals surface area contributed by atoms with E-state index < -0.39 is 0 Å². The van der Waals surface area contributed by atoms with Crippen LogP contribution in [0.3, 0.4) is 0 Å². The van der Waals surface area contributed by atoms with E-state index in [-0.39, 0.29) is 11.8 Å². The van der Waals surface area contributed by atoms with Crippen molar-refractivity contribution < 1.29 is 14.4 Å². The zero-order valence-corrected chi connectivity index (χ0v) is 9.65. The predicted molar refractivity (Wildman–Crippen MR) is 60.6 cm³/mol. The molecule has 1 aromatic heterocycles. The van der Waals surface area contributed by atoms with Gasteiger partial charge in [0.15, 0.2) is 17.1 Å². The summed E-state index contributed by atoms with van der Waals surface area (Å²) in [6.45, 7) is 3.60. The second-order valence-electron chi connectivity index (χ2n) is 3.05. The maximum atomic E-state index is 10.7. The molecule has 6 nitrogen and oxygen atoms in total. The summed E-state index contributed by atoms with van der Waals surface area (Å²) in [6, 6.07) is 0. The van der Waals surface area contributed by atoms with E-state index in [1.807, 2.05) is 0 Å². The van der Waals surface area contributed by atoms with E-state index in [9.17, 15) is 9.59 Å². The number of hydrogen-bond donors (Lipinski definition) is 1. The minimum atomic E-state index is -0.110.